The predicted octanol–water partition coefficient (Wildman–Crippen LogP) is 2.83. The van der Waals surface area contributed by atoms with Gasteiger partial charge >= 0.3 is 0 Å². The Labute approximate surface area is 102 Å². The summed E-state index contributed by atoms with van der Waals surface area (Å²) in [5.74, 6) is 0. The van der Waals surface area contributed by atoms with Gasteiger partial charge in [0.1, 0.15) is 0 Å². The summed E-state index contributed by atoms with van der Waals surface area (Å²) in [5.41, 5.74) is 2.81. The summed E-state index contributed by atoms with van der Waals surface area (Å²) in [4.78, 5) is 4.46. The van der Waals surface area contributed by atoms with Gasteiger partial charge in [-0.2, -0.15) is 0 Å². The van der Waals surface area contributed by atoms with Crippen LogP contribution in [0.1, 0.15) is 25.0 Å². The molecular weight excluding hydrogens is 216 g/mol. The Morgan fingerprint density at radius 1 is 1.38 bits per heavy atom. The molecule has 2 rings (SSSR count). The van der Waals surface area contributed by atoms with E-state index in [4.69, 9.17) is 0 Å². The van der Waals surface area contributed by atoms with Crippen LogP contribution in [0.5, 0.6) is 0 Å². The van der Waals surface area contributed by atoms with Crippen LogP contribution in [0.15, 0.2) is 29.3 Å². The minimum Gasteiger partial charge on any atom is -0.361 e. The fourth-order valence-corrected chi connectivity index (χ4v) is 2.65. The standard InChI is InChI=1S/C13H18N2S/c1-3-11-6-4-5-7-12(11)9-15-13-14-8-10(2)16-13/h4-7,10H,3,8-9H2,1-2H3,(H,14,15). The molecule has 0 fully saturated rings. The number of nitrogens with zero attached hydrogens (tertiary/aromatic N) is 1. The lowest BCUT2D eigenvalue weighted by Crippen LogP contribution is -2.19. The van der Waals surface area contributed by atoms with Gasteiger partial charge in [0, 0.05) is 11.8 Å². The quantitative estimate of drug-likeness (QED) is 0.869. The van der Waals surface area contributed by atoms with Crippen LogP contribution < -0.4 is 5.32 Å². The monoisotopic (exact) mass is 234 g/mol. The highest BCUT2D eigenvalue weighted by molar-refractivity contribution is 8.14. The van der Waals surface area contributed by atoms with E-state index in [0.29, 0.717) is 5.25 Å². The molecule has 16 heavy (non-hydrogen) atoms. The average Bonchev–Trinajstić information content (AvgIpc) is 2.73. The van der Waals surface area contributed by atoms with Crippen LogP contribution in [-0.2, 0) is 13.0 Å². The van der Waals surface area contributed by atoms with Crippen LogP contribution in [0.25, 0.3) is 0 Å². The van der Waals surface area contributed by atoms with Crippen molar-refractivity contribution in [3.8, 4) is 0 Å². The molecule has 3 heteroatoms. The molecule has 1 heterocycles. The van der Waals surface area contributed by atoms with E-state index >= 15 is 0 Å². The van der Waals surface area contributed by atoms with Crippen molar-refractivity contribution < 1.29 is 0 Å². The fourth-order valence-electron chi connectivity index (χ4n) is 1.82. The summed E-state index contributed by atoms with van der Waals surface area (Å²) in [6, 6.07) is 8.59. The second-order valence-electron chi connectivity index (χ2n) is 4.05. The maximum Gasteiger partial charge on any atom is 0.157 e. The van der Waals surface area contributed by atoms with E-state index in [-0.39, 0.29) is 0 Å². The molecule has 86 valence electrons. The number of thioether (sulfide) groups is 1. The first kappa shape index (κ1) is 11.5. The number of aryl methyl sites for hydroxylation is 1. The first-order valence-corrected chi connectivity index (χ1v) is 6.69. The zero-order valence-corrected chi connectivity index (χ0v) is 10.7. The van der Waals surface area contributed by atoms with E-state index in [1.807, 2.05) is 11.8 Å². The largest absolute Gasteiger partial charge is 0.361 e. The Balaban J connectivity index is 1.94. The SMILES string of the molecule is CCc1ccccc1CNC1=NCC(C)S1. The van der Waals surface area contributed by atoms with Crippen molar-refractivity contribution in [2.75, 3.05) is 6.54 Å². The van der Waals surface area contributed by atoms with Crippen LogP contribution in [0.2, 0.25) is 0 Å². The summed E-state index contributed by atoms with van der Waals surface area (Å²) in [7, 11) is 0. The van der Waals surface area contributed by atoms with Crippen molar-refractivity contribution in [1.29, 1.82) is 0 Å². The summed E-state index contributed by atoms with van der Waals surface area (Å²) < 4.78 is 0. The molecule has 1 aromatic rings. The summed E-state index contributed by atoms with van der Waals surface area (Å²) in [5, 5.41) is 5.14. The van der Waals surface area contributed by atoms with Crippen LogP contribution in [0, 0.1) is 0 Å². The van der Waals surface area contributed by atoms with Gasteiger partial charge in [0.05, 0.1) is 6.54 Å². The van der Waals surface area contributed by atoms with Gasteiger partial charge in [-0.15, -0.1) is 0 Å². The highest BCUT2D eigenvalue weighted by Crippen LogP contribution is 2.19. The van der Waals surface area contributed by atoms with Crippen LogP contribution in [0.3, 0.4) is 0 Å². The third-order valence-electron chi connectivity index (χ3n) is 2.73. The molecule has 0 saturated carbocycles. The minimum atomic E-state index is 0.629. The van der Waals surface area contributed by atoms with Gasteiger partial charge in [0.15, 0.2) is 5.17 Å². The molecule has 2 nitrogen and oxygen atoms in total. The molecule has 0 bridgehead atoms. The number of rotatable bonds is 3. The van der Waals surface area contributed by atoms with Crippen molar-refractivity contribution >= 4 is 16.9 Å². The van der Waals surface area contributed by atoms with E-state index in [0.717, 1.165) is 24.7 Å². The van der Waals surface area contributed by atoms with E-state index in [2.05, 4.69) is 48.4 Å². The first-order valence-electron chi connectivity index (χ1n) is 5.81. The fraction of sp³-hybridized carbons (Fsp3) is 0.462. The van der Waals surface area contributed by atoms with Gasteiger partial charge in [0.25, 0.3) is 0 Å². The maximum absolute atomic E-state index is 4.46. The molecule has 0 aromatic heterocycles. The molecule has 1 aromatic carbocycles. The van der Waals surface area contributed by atoms with E-state index < -0.39 is 0 Å². The second kappa shape index (κ2) is 5.39. The number of benzene rings is 1. The van der Waals surface area contributed by atoms with Gasteiger partial charge in [-0.05, 0) is 17.5 Å². The van der Waals surface area contributed by atoms with Gasteiger partial charge < -0.3 is 5.32 Å². The molecule has 1 unspecified atom stereocenters. The molecular formula is C13H18N2S. The predicted molar refractivity (Wildman–Crippen MR) is 72.0 cm³/mol. The molecule has 1 aliphatic rings. The Bertz CT molecular complexity index is 387. The third-order valence-corrected chi connectivity index (χ3v) is 3.78. The number of hydrogen-bond donors (Lipinski definition) is 1. The Morgan fingerprint density at radius 2 is 2.12 bits per heavy atom. The summed E-state index contributed by atoms with van der Waals surface area (Å²) >= 11 is 1.84. The van der Waals surface area contributed by atoms with Crippen molar-refractivity contribution in [3.63, 3.8) is 0 Å². The van der Waals surface area contributed by atoms with Gasteiger partial charge in [-0.1, -0.05) is 49.9 Å². The maximum atomic E-state index is 4.46. The zero-order chi connectivity index (χ0) is 11.4. The first-order chi connectivity index (χ1) is 7.79. The minimum absolute atomic E-state index is 0.629. The average molecular weight is 234 g/mol. The zero-order valence-electron chi connectivity index (χ0n) is 9.86. The lowest BCUT2D eigenvalue weighted by atomic mass is 10.1. The number of aliphatic imine (C=N–C) groups is 1. The van der Waals surface area contributed by atoms with Crippen molar-refractivity contribution in [3.05, 3.63) is 35.4 Å². The summed E-state index contributed by atoms with van der Waals surface area (Å²) in [6.07, 6.45) is 1.09. The molecule has 1 atom stereocenters. The highest BCUT2D eigenvalue weighted by atomic mass is 32.2. The van der Waals surface area contributed by atoms with Gasteiger partial charge in [0.2, 0.25) is 0 Å². The summed E-state index contributed by atoms with van der Waals surface area (Å²) in [6.45, 7) is 6.25. The smallest absolute Gasteiger partial charge is 0.157 e. The molecule has 1 N–H and O–H groups in total. The lowest BCUT2D eigenvalue weighted by Gasteiger charge is -2.09. The molecule has 0 aliphatic carbocycles. The van der Waals surface area contributed by atoms with Crippen molar-refractivity contribution in [1.82, 2.24) is 5.32 Å². The van der Waals surface area contributed by atoms with Crippen LogP contribution >= 0.6 is 11.8 Å². The topological polar surface area (TPSA) is 24.4 Å². The Hall–Kier alpha value is -0.960. The number of amidine groups is 1. The second-order valence-corrected chi connectivity index (χ2v) is 5.48. The Kier molecular flexibility index (Phi) is 3.88. The molecule has 0 saturated heterocycles. The van der Waals surface area contributed by atoms with Crippen molar-refractivity contribution in [2.24, 2.45) is 4.99 Å². The van der Waals surface area contributed by atoms with Crippen LogP contribution in [0.4, 0.5) is 0 Å². The van der Waals surface area contributed by atoms with Gasteiger partial charge in [-0.3, -0.25) is 4.99 Å². The molecule has 0 radical (unpaired) electrons. The van der Waals surface area contributed by atoms with Gasteiger partial charge in [-0.25, -0.2) is 0 Å². The molecule has 0 spiro atoms. The molecule has 1 aliphatic heterocycles. The molecule has 0 amide bonds. The number of hydrogen-bond acceptors (Lipinski definition) is 3. The number of nitrogens with one attached hydrogen (secondary N) is 1. The normalized spacial score (nSPS) is 19.6. The van der Waals surface area contributed by atoms with E-state index in [1.165, 1.54) is 11.1 Å². The van der Waals surface area contributed by atoms with Crippen LogP contribution in [-0.4, -0.2) is 17.0 Å². The highest BCUT2D eigenvalue weighted by Gasteiger charge is 2.14. The van der Waals surface area contributed by atoms with E-state index in [1.54, 1.807) is 0 Å². The Morgan fingerprint density at radius 3 is 2.75 bits per heavy atom. The third kappa shape index (κ3) is 2.79. The van der Waals surface area contributed by atoms with Crippen molar-refractivity contribution in [2.45, 2.75) is 32.1 Å². The van der Waals surface area contributed by atoms with E-state index in [9.17, 15) is 0 Å². The lowest BCUT2D eigenvalue weighted by molar-refractivity contribution is 0.894.